The van der Waals surface area contributed by atoms with E-state index in [0.29, 0.717) is 5.17 Å². The van der Waals surface area contributed by atoms with Crippen molar-refractivity contribution in [3.05, 3.63) is 0 Å². The minimum absolute atomic E-state index is 0.421. The van der Waals surface area contributed by atoms with Crippen molar-refractivity contribution in [2.45, 2.75) is 0 Å². The number of hydrogen-bond acceptors (Lipinski definition) is 1. The van der Waals surface area contributed by atoms with Crippen molar-refractivity contribution in [1.82, 2.24) is 0 Å². The van der Waals surface area contributed by atoms with Crippen LogP contribution in [0.4, 0.5) is 0 Å². The van der Waals surface area contributed by atoms with Crippen molar-refractivity contribution >= 4 is 72.9 Å². The average molecular weight is 387 g/mol. The molecule has 0 aromatic heterocycles. The van der Waals surface area contributed by atoms with Crippen LogP contribution in [0.15, 0.2) is 0 Å². The molecule has 0 unspecified atom stereocenters. The van der Waals surface area contributed by atoms with Gasteiger partial charge in [-0.2, -0.15) is 0 Å². The van der Waals surface area contributed by atoms with Gasteiger partial charge in [0.1, 0.15) is 0 Å². The predicted octanol–water partition coefficient (Wildman–Crippen LogP) is 1.49. The minimum atomic E-state index is -4.40. The quantitative estimate of drug-likeness (QED) is 0.376. The number of amidine groups is 1. The summed E-state index contributed by atoms with van der Waals surface area (Å²) in [6.45, 7) is 0. The van der Waals surface area contributed by atoms with Crippen LogP contribution in [0.3, 0.4) is 0 Å². The number of nitrogens with two attached hydrogens (primary N) is 2. The molecule has 11 heavy (non-hydrogen) atoms. The van der Waals surface area contributed by atoms with Crippen LogP contribution in [0.2, 0.25) is 0 Å². The molecule has 0 saturated heterocycles. The molecule has 0 rings (SSSR count). The van der Waals surface area contributed by atoms with E-state index in [2.05, 4.69) is 0 Å². The van der Waals surface area contributed by atoms with E-state index < -0.39 is 11.4 Å². The van der Waals surface area contributed by atoms with E-state index in [-0.39, 0.29) is 0 Å². The Morgan fingerprint density at radius 1 is 1.27 bits per heavy atom. The Labute approximate surface area is 89.1 Å². The van der Waals surface area contributed by atoms with Crippen LogP contribution >= 0.6 is 56.4 Å². The molecule has 70 valence electrons. The van der Waals surface area contributed by atoms with Crippen molar-refractivity contribution in [3.63, 3.8) is 0 Å². The summed E-state index contributed by atoms with van der Waals surface area (Å²) in [6, 6.07) is 0. The zero-order valence-corrected chi connectivity index (χ0v) is 12.9. The number of thioether (sulfide) groups is 1. The molecule has 0 fully saturated rings. The van der Waals surface area contributed by atoms with E-state index in [9.17, 15) is 0 Å². The monoisotopic (exact) mass is 386 g/mol. The molecule has 0 aromatic carbocycles. The van der Waals surface area contributed by atoms with Gasteiger partial charge in [-0.1, -0.05) is 0 Å². The van der Waals surface area contributed by atoms with Gasteiger partial charge in [-0.25, -0.2) is 0 Å². The molecule has 0 aliphatic carbocycles. The van der Waals surface area contributed by atoms with Gasteiger partial charge in [0, 0.05) is 0 Å². The molecule has 0 aliphatic rings. The molecule has 0 aliphatic heterocycles. The van der Waals surface area contributed by atoms with Crippen molar-refractivity contribution in [2.75, 3.05) is 6.26 Å². The summed E-state index contributed by atoms with van der Waals surface area (Å²) in [7, 11) is 25.3. The molecule has 0 aromatic rings. The third-order valence-corrected chi connectivity index (χ3v) is 0.707. The Balaban J connectivity index is 0. The van der Waals surface area contributed by atoms with Gasteiger partial charge in [-0.3, -0.25) is 11.1 Å². The van der Waals surface area contributed by atoms with Crippen molar-refractivity contribution in [3.8, 4) is 0 Å². The first kappa shape index (κ1) is 15.5. The number of halogens is 5. The van der Waals surface area contributed by atoms with E-state index in [0.717, 1.165) is 0 Å². The SMILES string of the molecule is CSC(N)=[NH2+].[Cl][Sn-]([Cl])([Cl])([Cl])[Cl]. The zero-order valence-electron chi connectivity index (χ0n) is 5.45. The van der Waals surface area contributed by atoms with Crippen molar-refractivity contribution in [2.24, 2.45) is 5.73 Å². The Kier molecular flexibility index (Phi) is 8.09. The predicted molar refractivity (Wildman–Crippen MR) is 59.7 cm³/mol. The van der Waals surface area contributed by atoms with Gasteiger partial charge in [0.2, 0.25) is 0 Å². The summed E-state index contributed by atoms with van der Waals surface area (Å²) >= 11 is -3.05. The van der Waals surface area contributed by atoms with Gasteiger partial charge < -0.3 is 0 Å². The van der Waals surface area contributed by atoms with E-state index in [1.807, 2.05) is 6.26 Å². The standard InChI is InChI=1S/C2H6N2S.5ClH.Sn/c1-5-2(3)4;;;;;;/h1H3,(H3,3,4);5*1H;/q;;;;;;+4/p-4. The van der Waals surface area contributed by atoms with Gasteiger partial charge in [0.25, 0.3) is 5.17 Å². The molecule has 9 heteroatoms. The number of hydrogen-bond donors (Lipinski definition) is 2. The normalized spacial score (nSPS) is 13.8. The average Bonchev–Trinajstić information content (AvgIpc) is 1.59. The Hall–Kier alpha value is 2.07. The zero-order chi connectivity index (χ0) is 9.73. The van der Waals surface area contributed by atoms with Crippen LogP contribution < -0.4 is 11.1 Å². The molecular formula is C2H7Cl5N2SSn. The maximum absolute atomic E-state index is 5.06. The molecule has 0 heterocycles. The maximum atomic E-state index is 5.06. The second-order valence-corrected chi connectivity index (χ2v) is 44.6. The molecule has 4 N–H and O–H groups in total. The van der Waals surface area contributed by atoms with Gasteiger partial charge in [-0.05, 0) is 18.0 Å². The Morgan fingerprint density at radius 3 is 1.36 bits per heavy atom. The summed E-state index contributed by atoms with van der Waals surface area (Å²) in [6.07, 6.45) is 1.83. The summed E-state index contributed by atoms with van der Waals surface area (Å²) in [5, 5.41) is 5.37. The first-order valence-corrected chi connectivity index (χ1v) is 21.4. The molecule has 0 bridgehead atoms. The Morgan fingerprint density at radius 2 is 1.36 bits per heavy atom. The summed E-state index contributed by atoms with van der Waals surface area (Å²) in [5.41, 5.74) is 4.95. The van der Waals surface area contributed by atoms with Crippen LogP contribution in [0.25, 0.3) is 0 Å². The van der Waals surface area contributed by atoms with Gasteiger partial charge in [0.05, 0.1) is 0 Å². The fourth-order valence-electron chi connectivity index (χ4n) is 0. The summed E-state index contributed by atoms with van der Waals surface area (Å²) in [5.74, 6) is 0. The second-order valence-electron chi connectivity index (χ2n) is 1.32. The molecule has 0 amide bonds. The molecular weight excluding hydrogens is 380 g/mol. The van der Waals surface area contributed by atoms with Crippen LogP contribution in [-0.2, 0) is 0 Å². The molecule has 0 radical (unpaired) electrons. The van der Waals surface area contributed by atoms with Crippen LogP contribution in [-0.4, -0.2) is 22.8 Å². The summed E-state index contributed by atoms with van der Waals surface area (Å²) in [4.78, 5) is 0. The van der Waals surface area contributed by atoms with Crippen molar-refractivity contribution < 1.29 is 5.41 Å². The fourth-order valence-corrected chi connectivity index (χ4v) is 0. The van der Waals surface area contributed by atoms with Crippen molar-refractivity contribution in [1.29, 1.82) is 0 Å². The first-order chi connectivity index (χ1) is 4.51. The van der Waals surface area contributed by atoms with Crippen LogP contribution in [0, 0.1) is 0 Å². The Bertz CT molecular complexity index is 124. The molecule has 2 nitrogen and oxygen atoms in total. The molecule has 0 spiro atoms. The van der Waals surface area contributed by atoms with E-state index >= 15 is 0 Å². The van der Waals surface area contributed by atoms with Gasteiger partial charge >= 0.3 is 56.0 Å². The molecule has 0 saturated carbocycles. The van der Waals surface area contributed by atoms with E-state index in [1.54, 1.807) is 0 Å². The topological polar surface area (TPSA) is 51.6 Å². The third kappa shape index (κ3) is 73.9. The van der Waals surface area contributed by atoms with Crippen LogP contribution in [0.1, 0.15) is 0 Å². The first-order valence-electron chi connectivity index (χ1n) is 2.13. The second kappa shape index (κ2) is 5.73. The van der Waals surface area contributed by atoms with Gasteiger partial charge in [0.15, 0.2) is 0 Å². The fraction of sp³-hybridized carbons (Fsp3) is 0.500. The van der Waals surface area contributed by atoms with E-state index in [1.165, 1.54) is 11.8 Å². The summed E-state index contributed by atoms with van der Waals surface area (Å²) < 4.78 is 0. The van der Waals surface area contributed by atoms with Gasteiger partial charge in [-0.15, -0.1) is 0 Å². The third-order valence-electron chi connectivity index (χ3n) is 0.236. The van der Waals surface area contributed by atoms with Crippen LogP contribution in [0.5, 0.6) is 0 Å². The number of rotatable bonds is 0. The van der Waals surface area contributed by atoms with E-state index in [4.69, 9.17) is 55.7 Å². The molecule has 0 atom stereocenters.